The molecule has 0 aromatic carbocycles. The molecule has 1 aliphatic heterocycles. The normalized spacial score (nSPS) is 19.6. The molecule has 0 bridgehead atoms. The third-order valence-electron chi connectivity index (χ3n) is 2.36. The highest BCUT2D eigenvalue weighted by Crippen LogP contribution is 2.18. The fourth-order valence-corrected chi connectivity index (χ4v) is 1.71. The maximum Gasteiger partial charge on any atom is 0.222 e. The van der Waals surface area contributed by atoms with Crippen molar-refractivity contribution in [2.24, 2.45) is 0 Å². The molecular weight excluding hydrogens is 230 g/mol. The maximum atomic E-state index is 11.0. The van der Waals surface area contributed by atoms with Gasteiger partial charge in [-0.3, -0.25) is 4.79 Å². The molecule has 2 rings (SSSR count). The van der Waals surface area contributed by atoms with Crippen molar-refractivity contribution in [3.8, 4) is 0 Å². The highest BCUT2D eigenvalue weighted by atomic mass is 35.5. The maximum absolute atomic E-state index is 11.0. The van der Waals surface area contributed by atoms with Gasteiger partial charge in [0.15, 0.2) is 5.82 Å². The molecule has 1 amide bonds. The number of nitrogens with one attached hydrogen (secondary N) is 2. The highest BCUT2D eigenvalue weighted by molar-refractivity contribution is 6.32. The van der Waals surface area contributed by atoms with Gasteiger partial charge in [-0.1, -0.05) is 11.6 Å². The van der Waals surface area contributed by atoms with Gasteiger partial charge in [0.2, 0.25) is 11.9 Å². The largest absolute Gasteiger partial charge is 0.368 e. The number of aromatic nitrogens is 2. The number of nitrogen functional groups attached to an aromatic ring is 1. The van der Waals surface area contributed by atoms with E-state index in [1.54, 1.807) is 0 Å². The van der Waals surface area contributed by atoms with Crippen LogP contribution in [0.3, 0.4) is 0 Å². The quantitative estimate of drug-likeness (QED) is 0.713. The summed E-state index contributed by atoms with van der Waals surface area (Å²) in [6.07, 6.45) is 2.84. The Balaban J connectivity index is 1.94. The number of amides is 1. The van der Waals surface area contributed by atoms with E-state index in [0.29, 0.717) is 23.8 Å². The van der Waals surface area contributed by atoms with E-state index in [9.17, 15) is 4.79 Å². The molecule has 0 aliphatic carbocycles. The molecule has 0 spiro atoms. The molecule has 7 heteroatoms. The number of rotatable bonds is 3. The number of nitrogens with zero attached hydrogens (tertiary/aromatic N) is 2. The van der Waals surface area contributed by atoms with Crippen LogP contribution in [0.25, 0.3) is 0 Å². The molecule has 1 saturated heterocycles. The van der Waals surface area contributed by atoms with Crippen LogP contribution in [0.4, 0.5) is 11.8 Å². The molecule has 1 atom stereocenters. The number of anilines is 2. The minimum atomic E-state index is 0.0834. The van der Waals surface area contributed by atoms with E-state index >= 15 is 0 Å². The lowest BCUT2D eigenvalue weighted by Gasteiger charge is -2.12. The first-order valence-corrected chi connectivity index (χ1v) is 5.34. The molecule has 1 unspecified atom stereocenters. The molecule has 6 nitrogen and oxygen atoms in total. The lowest BCUT2D eigenvalue weighted by Crippen LogP contribution is -2.32. The Kier molecular flexibility index (Phi) is 3.09. The number of nitrogens with two attached hydrogens (primary N) is 1. The second kappa shape index (κ2) is 4.52. The third-order valence-corrected chi connectivity index (χ3v) is 2.64. The molecule has 1 aliphatic rings. The van der Waals surface area contributed by atoms with E-state index in [-0.39, 0.29) is 17.9 Å². The molecule has 1 aromatic rings. The van der Waals surface area contributed by atoms with Gasteiger partial charge in [-0.2, -0.15) is 4.98 Å². The fourth-order valence-electron chi connectivity index (χ4n) is 1.56. The van der Waals surface area contributed by atoms with Gasteiger partial charge in [0.25, 0.3) is 0 Å². The zero-order valence-corrected chi connectivity index (χ0v) is 9.29. The Morgan fingerprint density at radius 3 is 3.19 bits per heavy atom. The molecule has 4 N–H and O–H groups in total. The van der Waals surface area contributed by atoms with Gasteiger partial charge in [-0.15, -0.1) is 0 Å². The van der Waals surface area contributed by atoms with Gasteiger partial charge >= 0.3 is 0 Å². The van der Waals surface area contributed by atoms with Crippen molar-refractivity contribution in [3.63, 3.8) is 0 Å². The van der Waals surface area contributed by atoms with Crippen molar-refractivity contribution < 1.29 is 4.79 Å². The van der Waals surface area contributed by atoms with Crippen molar-refractivity contribution >= 4 is 29.3 Å². The van der Waals surface area contributed by atoms with Crippen LogP contribution >= 0.6 is 11.6 Å². The summed E-state index contributed by atoms with van der Waals surface area (Å²) in [5.41, 5.74) is 5.44. The number of hydrogen-bond acceptors (Lipinski definition) is 5. The topological polar surface area (TPSA) is 92.9 Å². The smallest absolute Gasteiger partial charge is 0.222 e. The lowest BCUT2D eigenvalue weighted by molar-refractivity contribution is -0.119. The van der Waals surface area contributed by atoms with Crippen molar-refractivity contribution in [2.45, 2.75) is 18.9 Å². The predicted molar refractivity (Wildman–Crippen MR) is 61.1 cm³/mol. The summed E-state index contributed by atoms with van der Waals surface area (Å²) >= 11 is 5.88. The summed E-state index contributed by atoms with van der Waals surface area (Å²) in [7, 11) is 0. The summed E-state index contributed by atoms with van der Waals surface area (Å²) in [6.45, 7) is 0.585. The molecular formula is C9H12ClN5O. The Hall–Kier alpha value is -1.56. The zero-order chi connectivity index (χ0) is 11.5. The van der Waals surface area contributed by atoms with Crippen molar-refractivity contribution in [1.82, 2.24) is 15.3 Å². The van der Waals surface area contributed by atoms with Crippen LogP contribution in [0.15, 0.2) is 6.20 Å². The van der Waals surface area contributed by atoms with Crippen molar-refractivity contribution in [2.75, 3.05) is 17.6 Å². The van der Waals surface area contributed by atoms with Gasteiger partial charge in [-0.25, -0.2) is 4.98 Å². The monoisotopic (exact) mass is 241 g/mol. The van der Waals surface area contributed by atoms with Crippen LogP contribution < -0.4 is 16.4 Å². The number of halogens is 1. The zero-order valence-electron chi connectivity index (χ0n) is 8.53. The van der Waals surface area contributed by atoms with Crippen LogP contribution in [0.5, 0.6) is 0 Å². The Bertz CT molecular complexity index is 411. The first-order chi connectivity index (χ1) is 7.65. The van der Waals surface area contributed by atoms with Gasteiger partial charge in [0.05, 0.1) is 6.20 Å². The van der Waals surface area contributed by atoms with Crippen LogP contribution in [0, 0.1) is 0 Å². The third kappa shape index (κ3) is 2.52. The summed E-state index contributed by atoms with van der Waals surface area (Å²) in [6, 6.07) is 0.125. The van der Waals surface area contributed by atoms with E-state index in [4.69, 9.17) is 17.3 Å². The second-order valence-corrected chi connectivity index (χ2v) is 4.02. The summed E-state index contributed by atoms with van der Waals surface area (Å²) in [4.78, 5) is 18.7. The predicted octanol–water partition coefficient (Wildman–Crippen LogP) is 0.403. The number of carbonyl (C=O) groups excluding carboxylic acids is 1. The SMILES string of the molecule is Nc1ncc(Cl)c(NCC2CCC(=O)N2)n1. The highest BCUT2D eigenvalue weighted by Gasteiger charge is 2.20. The van der Waals surface area contributed by atoms with Gasteiger partial charge in [0, 0.05) is 19.0 Å². The first-order valence-electron chi connectivity index (χ1n) is 4.96. The second-order valence-electron chi connectivity index (χ2n) is 3.61. The van der Waals surface area contributed by atoms with Crippen LogP contribution in [0.1, 0.15) is 12.8 Å². The molecule has 86 valence electrons. The van der Waals surface area contributed by atoms with E-state index in [0.717, 1.165) is 6.42 Å². The molecule has 2 heterocycles. The molecule has 1 fully saturated rings. The average molecular weight is 242 g/mol. The molecule has 16 heavy (non-hydrogen) atoms. The Morgan fingerprint density at radius 1 is 1.69 bits per heavy atom. The lowest BCUT2D eigenvalue weighted by atomic mass is 10.2. The van der Waals surface area contributed by atoms with E-state index in [1.807, 2.05) is 0 Å². The number of carbonyl (C=O) groups is 1. The van der Waals surface area contributed by atoms with Crippen LogP contribution in [0.2, 0.25) is 5.02 Å². The number of hydrogen-bond donors (Lipinski definition) is 3. The van der Waals surface area contributed by atoms with Gasteiger partial charge in [-0.05, 0) is 6.42 Å². The minimum absolute atomic E-state index is 0.0834. The summed E-state index contributed by atoms with van der Waals surface area (Å²) < 4.78 is 0. The first kappa shape index (κ1) is 10.9. The van der Waals surface area contributed by atoms with E-state index in [1.165, 1.54) is 6.20 Å². The fraction of sp³-hybridized carbons (Fsp3) is 0.444. The van der Waals surface area contributed by atoms with Crippen molar-refractivity contribution in [1.29, 1.82) is 0 Å². The van der Waals surface area contributed by atoms with Crippen LogP contribution in [-0.2, 0) is 4.79 Å². The van der Waals surface area contributed by atoms with Crippen LogP contribution in [-0.4, -0.2) is 28.5 Å². The summed E-state index contributed by atoms with van der Waals surface area (Å²) in [5.74, 6) is 0.748. The van der Waals surface area contributed by atoms with E-state index in [2.05, 4.69) is 20.6 Å². The Labute approximate surface area is 97.6 Å². The summed E-state index contributed by atoms with van der Waals surface area (Å²) in [5, 5.41) is 6.29. The Morgan fingerprint density at radius 2 is 2.50 bits per heavy atom. The molecule has 0 radical (unpaired) electrons. The minimum Gasteiger partial charge on any atom is -0.368 e. The molecule has 0 saturated carbocycles. The standard InChI is InChI=1S/C9H12ClN5O/c10-6-4-13-9(11)15-8(6)12-3-5-1-2-7(16)14-5/h4-5H,1-3H2,(H,14,16)(H3,11,12,13,15). The van der Waals surface area contributed by atoms with Gasteiger partial charge < -0.3 is 16.4 Å². The van der Waals surface area contributed by atoms with Gasteiger partial charge in [0.1, 0.15) is 5.02 Å². The van der Waals surface area contributed by atoms with E-state index < -0.39 is 0 Å². The van der Waals surface area contributed by atoms with Crippen molar-refractivity contribution in [3.05, 3.63) is 11.2 Å². The average Bonchev–Trinajstić information content (AvgIpc) is 2.66. The molecule has 1 aromatic heterocycles.